The van der Waals surface area contributed by atoms with Gasteiger partial charge in [-0.1, -0.05) is 6.08 Å². The Morgan fingerprint density at radius 2 is 2.27 bits per heavy atom. The normalized spacial score (nSPS) is 33.6. The minimum Gasteiger partial charge on any atom is -0.312 e. The summed E-state index contributed by atoms with van der Waals surface area (Å²) in [5.41, 5.74) is 0. The predicted octanol–water partition coefficient (Wildman–Crippen LogP) is 0.339. The van der Waals surface area contributed by atoms with Gasteiger partial charge in [0, 0.05) is 23.7 Å². The molecule has 1 saturated heterocycles. The van der Waals surface area contributed by atoms with Crippen LogP contribution in [0.3, 0.4) is 0 Å². The number of thioether (sulfide) groups is 1. The quantitative estimate of drug-likeness (QED) is 0.554. The zero-order valence-electron chi connectivity index (χ0n) is 5.97. The van der Waals surface area contributed by atoms with Crippen molar-refractivity contribution in [1.29, 1.82) is 0 Å². The van der Waals surface area contributed by atoms with Crippen LogP contribution in [0.2, 0.25) is 0 Å². The van der Waals surface area contributed by atoms with Crippen molar-refractivity contribution in [3.8, 4) is 0 Å². The van der Waals surface area contributed by atoms with Gasteiger partial charge in [-0.05, 0) is 0 Å². The highest BCUT2D eigenvalue weighted by Gasteiger charge is 2.34. The fraction of sp³-hybridized carbons (Fsp3) is 0.667. The van der Waals surface area contributed by atoms with Crippen LogP contribution in [0.15, 0.2) is 11.0 Å². The predicted molar refractivity (Wildman–Crippen MR) is 41.3 cm³/mol. The summed E-state index contributed by atoms with van der Waals surface area (Å²) < 4.78 is 0. The minimum atomic E-state index is -0.297. The first kappa shape index (κ1) is 7.57. The lowest BCUT2D eigenvalue weighted by Crippen LogP contribution is -2.46. The number of hydrogen-bond acceptors (Lipinski definition) is 5. The second-order valence-corrected chi connectivity index (χ2v) is 3.78. The van der Waals surface area contributed by atoms with E-state index in [0.717, 1.165) is 15.7 Å². The van der Waals surface area contributed by atoms with E-state index < -0.39 is 0 Å². The van der Waals surface area contributed by atoms with Gasteiger partial charge in [-0.15, -0.1) is 11.8 Å². The van der Waals surface area contributed by atoms with E-state index in [4.69, 9.17) is 0 Å². The van der Waals surface area contributed by atoms with Crippen LogP contribution in [0.25, 0.3) is 0 Å². The van der Waals surface area contributed by atoms with E-state index in [-0.39, 0.29) is 6.17 Å². The monoisotopic (exact) mass is 174 g/mol. The van der Waals surface area contributed by atoms with Crippen molar-refractivity contribution in [3.05, 3.63) is 11.0 Å². The van der Waals surface area contributed by atoms with Crippen molar-refractivity contribution in [1.82, 2.24) is 10.1 Å². The molecule has 0 unspecified atom stereocenters. The number of hydrogen-bond donors (Lipinski definition) is 2. The maximum atomic E-state index is 9.33. The molecule has 0 bridgehead atoms. The summed E-state index contributed by atoms with van der Waals surface area (Å²) in [5, 5.41) is 20.9. The maximum Gasteiger partial charge on any atom is 0.141 e. The largest absolute Gasteiger partial charge is 0.312 e. The van der Waals surface area contributed by atoms with Crippen molar-refractivity contribution in [2.75, 3.05) is 18.8 Å². The van der Waals surface area contributed by atoms with Crippen LogP contribution in [0.1, 0.15) is 0 Å². The van der Waals surface area contributed by atoms with Gasteiger partial charge in [0.15, 0.2) is 0 Å². The van der Waals surface area contributed by atoms with Crippen molar-refractivity contribution in [2.45, 2.75) is 6.17 Å². The first-order valence-corrected chi connectivity index (χ1v) is 4.51. The Morgan fingerprint density at radius 1 is 1.45 bits per heavy atom. The molecule has 2 rings (SSSR count). The lowest BCUT2D eigenvalue weighted by atomic mass is 10.4. The Balaban J connectivity index is 2.17. The lowest BCUT2D eigenvalue weighted by molar-refractivity contribution is -0.225. The molecule has 2 heterocycles. The highest BCUT2D eigenvalue weighted by atomic mass is 32.2. The Hall–Kier alpha value is -0.0700. The molecule has 0 aromatic carbocycles. The summed E-state index contributed by atoms with van der Waals surface area (Å²) in [6, 6.07) is 0. The maximum absolute atomic E-state index is 9.33. The molecule has 11 heavy (non-hydrogen) atoms. The SMILES string of the molecule is ON1CC=C2SCCN(O)[C@@H]21. The van der Waals surface area contributed by atoms with E-state index in [9.17, 15) is 10.4 Å². The Kier molecular flexibility index (Phi) is 1.90. The summed E-state index contributed by atoms with van der Waals surface area (Å²) >= 11 is 1.70. The first-order valence-electron chi connectivity index (χ1n) is 3.53. The van der Waals surface area contributed by atoms with Gasteiger partial charge in [0.1, 0.15) is 6.17 Å². The third-order valence-electron chi connectivity index (χ3n) is 1.89. The second-order valence-electron chi connectivity index (χ2n) is 2.61. The number of hydroxylamine groups is 4. The van der Waals surface area contributed by atoms with E-state index >= 15 is 0 Å². The summed E-state index contributed by atoms with van der Waals surface area (Å²) in [6.45, 7) is 1.13. The highest BCUT2D eigenvalue weighted by molar-refractivity contribution is 8.03. The standard InChI is InChI=1S/C6H10N2O2S/c9-7-2-1-5-6(7)8(10)3-4-11-5/h1,6,9-10H,2-4H2/t6-/m0/s1. The number of nitrogens with zero attached hydrogens (tertiary/aromatic N) is 2. The molecule has 5 heteroatoms. The van der Waals surface area contributed by atoms with Crippen LogP contribution in [0.4, 0.5) is 0 Å². The van der Waals surface area contributed by atoms with Gasteiger partial charge in [0.05, 0.1) is 0 Å². The van der Waals surface area contributed by atoms with E-state index in [2.05, 4.69) is 0 Å². The van der Waals surface area contributed by atoms with Gasteiger partial charge in [-0.25, -0.2) is 0 Å². The van der Waals surface area contributed by atoms with Crippen LogP contribution < -0.4 is 0 Å². The smallest absolute Gasteiger partial charge is 0.141 e. The van der Waals surface area contributed by atoms with Gasteiger partial charge in [0.25, 0.3) is 0 Å². The molecule has 0 amide bonds. The van der Waals surface area contributed by atoms with E-state index in [1.54, 1.807) is 11.8 Å². The summed E-state index contributed by atoms with van der Waals surface area (Å²) in [6.07, 6.45) is 1.64. The summed E-state index contributed by atoms with van der Waals surface area (Å²) in [5.74, 6) is 0.896. The van der Waals surface area contributed by atoms with Crippen LogP contribution in [-0.2, 0) is 0 Å². The minimum absolute atomic E-state index is 0.297. The third kappa shape index (κ3) is 1.19. The molecule has 0 spiro atoms. The van der Waals surface area contributed by atoms with E-state index in [1.807, 2.05) is 6.08 Å². The molecule has 0 radical (unpaired) electrons. The Bertz CT molecular complexity index is 197. The van der Waals surface area contributed by atoms with Crippen LogP contribution in [-0.4, -0.2) is 45.5 Å². The highest BCUT2D eigenvalue weighted by Crippen LogP contribution is 2.32. The van der Waals surface area contributed by atoms with Gasteiger partial charge in [-0.2, -0.15) is 10.1 Å². The zero-order chi connectivity index (χ0) is 7.84. The molecular weight excluding hydrogens is 164 g/mol. The molecule has 2 N–H and O–H groups in total. The molecule has 4 nitrogen and oxygen atoms in total. The van der Waals surface area contributed by atoms with Gasteiger partial charge in [0.2, 0.25) is 0 Å². The van der Waals surface area contributed by atoms with Crippen LogP contribution in [0.5, 0.6) is 0 Å². The molecule has 2 aliphatic rings. The molecule has 2 aliphatic heterocycles. The topological polar surface area (TPSA) is 46.9 Å². The van der Waals surface area contributed by atoms with Gasteiger partial charge >= 0.3 is 0 Å². The molecule has 0 aromatic rings. The molecule has 1 atom stereocenters. The molecular formula is C6H10N2O2S. The third-order valence-corrected chi connectivity index (χ3v) is 2.99. The van der Waals surface area contributed by atoms with Crippen molar-refractivity contribution in [3.63, 3.8) is 0 Å². The van der Waals surface area contributed by atoms with E-state index in [0.29, 0.717) is 13.1 Å². The molecule has 0 aliphatic carbocycles. The van der Waals surface area contributed by atoms with Crippen molar-refractivity contribution < 1.29 is 10.4 Å². The van der Waals surface area contributed by atoms with E-state index in [1.165, 1.54) is 5.06 Å². The van der Waals surface area contributed by atoms with Gasteiger partial charge < -0.3 is 10.4 Å². The zero-order valence-corrected chi connectivity index (χ0v) is 6.79. The van der Waals surface area contributed by atoms with Crippen molar-refractivity contribution >= 4 is 11.8 Å². The average molecular weight is 174 g/mol. The fourth-order valence-corrected chi connectivity index (χ4v) is 2.45. The number of rotatable bonds is 0. The summed E-state index contributed by atoms with van der Waals surface area (Å²) in [4.78, 5) is 1.06. The van der Waals surface area contributed by atoms with Gasteiger partial charge in [-0.3, -0.25) is 0 Å². The molecule has 0 saturated carbocycles. The molecule has 62 valence electrons. The second kappa shape index (κ2) is 2.76. The molecule has 0 aromatic heterocycles. The average Bonchev–Trinajstić information content (AvgIpc) is 2.34. The van der Waals surface area contributed by atoms with Crippen LogP contribution >= 0.6 is 11.8 Å². The van der Waals surface area contributed by atoms with Crippen LogP contribution in [0, 0.1) is 0 Å². The lowest BCUT2D eigenvalue weighted by Gasteiger charge is -2.32. The Morgan fingerprint density at radius 3 is 3.00 bits per heavy atom. The Labute approximate surface area is 69.0 Å². The first-order chi connectivity index (χ1) is 5.29. The van der Waals surface area contributed by atoms with Crippen molar-refractivity contribution in [2.24, 2.45) is 0 Å². The fourth-order valence-electron chi connectivity index (χ4n) is 1.35. The summed E-state index contributed by atoms with van der Waals surface area (Å²) in [7, 11) is 0. The molecule has 1 fully saturated rings. The number of fused-ring (bicyclic) bond motifs is 1.